The van der Waals surface area contributed by atoms with Gasteiger partial charge in [-0.15, -0.1) is 5.10 Å². The third kappa shape index (κ3) is 6.36. The van der Waals surface area contributed by atoms with Gasteiger partial charge in [0.1, 0.15) is 22.1 Å². The van der Waals surface area contributed by atoms with Crippen LogP contribution in [0.1, 0.15) is 27.1 Å². The highest BCUT2D eigenvalue weighted by Gasteiger charge is 2.63. The number of nitrogens with zero attached hydrogens (tertiary/aromatic N) is 1. The standard InChI is InChI=1S/C29H22N2O2P.C24H20B/c32-27-24-18-10-11-19-25(24)28(33)29(27)20-26(30-31-29)34(21-12-4-1-5-13-21,22-14-6-2-7-15-22)23-16-8-3-9-17-23;1-5-13-21(14-6-1)25(22-15-7-2-8-16-22,23-17-9-3-10-18-23)24-19-11-4-12-20-24/h1-19,31H,20H2;1-20H/q+1;-1. The summed E-state index contributed by atoms with van der Waals surface area (Å²) in [6.07, 6.45) is -0.974. The van der Waals surface area contributed by atoms with E-state index in [1.807, 2.05) is 54.6 Å². The van der Waals surface area contributed by atoms with Crippen LogP contribution < -0.4 is 43.2 Å². The first-order chi connectivity index (χ1) is 29.1. The second kappa shape index (κ2) is 16.1. The van der Waals surface area contributed by atoms with Crippen LogP contribution in [0.25, 0.3) is 0 Å². The van der Waals surface area contributed by atoms with E-state index in [1.54, 1.807) is 24.3 Å². The average Bonchev–Trinajstić information content (AvgIpc) is 3.86. The molecule has 0 amide bonds. The molecule has 0 radical (unpaired) electrons. The maximum atomic E-state index is 13.6. The van der Waals surface area contributed by atoms with Crippen LogP contribution >= 0.6 is 7.26 Å². The van der Waals surface area contributed by atoms with E-state index in [-0.39, 0.29) is 18.0 Å². The largest absolute Gasteiger partial charge is 0.291 e. The van der Waals surface area contributed by atoms with Gasteiger partial charge in [-0.3, -0.25) is 15.0 Å². The molecule has 2 aliphatic rings. The maximum absolute atomic E-state index is 13.6. The summed E-state index contributed by atoms with van der Waals surface area (Å²) in [6, 6.07) is 81.6. The van der Waals surface area contributed by atoms with Gasteiger partial charge in [0.15, 0.2) is 29.8 Å². The Morgan fingerprint density at radius 2 is 0.661 bits per heavy atom. The molecular weight excluding hydrogens is 738 g/mol. The molecule has 1 aliphatic carbocycles. The van der Waals surface area contributed by atoms with Gasteiger partial charge in [-0.25, -0.2) is 0 Å². The van der Waals surface area contributed by atoms with E-state index < -0.39 is 18.9 Å². The Balaban J connectivity index is 0.000000160. The summed E-state index contributed by atoms with van der Waals surface area (Å²) in [4.78, 5) is 27.1. The van der Waals surface area contributed by atoms with Gasteiger partial charge < -0.3 is 0 Å². The second-order valence-corrected chi connectivity index (χ2v) is 18.5. The number of fused-ring (bicyclic) bond motifs is 1. The maximum Gasteiger partial charge on any atom is 0.198 e. The van der Waals surface area contributed by atoms with E-state index in [4.69, 9.17) is 5.10 Å². The molecule has 1 heterocycles. The fourth-order valence-electron chi connectivity index (χ4n) is 9.34. The predicted octanol–water partition coefficient (Wildman–Crippen LogP) is 7.17. The molecule has 1 aliphatic heterocycles. The van der Waals surface area contributed by atoms with E-state index in [1.165, 1.54) is 21.9 Å². The van der Waals surface area contributed by atoms with Crippen LogP contribution in [0.4, 0.5) is 0 Å². The molecule has 0 saturated carbocycles. The first-order valence-corrected chi connectivity index (χ1v) is 21.9. The van der Waals surface area contributed by atoms with Crippen molar-refractivity contribution in [3.8, 4) is 0 Å². The lowest BCUT2D eigenvalue weighted by Crippen LogP contribution is -2.74. The van der Waals surface area contributed by atoms with Crippen molar-refractivity contribution in [1.29, 1.82) is 0 Å². The van der Waals surface area contributed by atoms with Crippen LogP contribution in [0.5, 0.6) is 0 Å². The molecule has 1 N–H and O–H groups in total. The number of ketones is 2. The topological polar surface area (TPSA) is 58.5 Å². The molecule has 1 spiro atoms. The van der Waals surface area contributed by atoms with Crippen molar-refractivity contribution in [2.45, 2.75) is 12.0 Å². The molecule has 10 rings (SSSR count). The first-order valence-electron chi connectivity index (χ1n) is 20.1. The predicted molar refractivity (Wildman–Crippen MR) is 248 cm³/mol. The number of nitrogens with one attached hydrogen (secondary N) is 1. The van der Waals surface area contributed by atoms with E-state index in [0.29, 0.717) is 11.1 Å². The fraction of sp³-hybridized carbons (Fsp3) is 0.0377. The lowest BCUT2D eigenvalue weighted by atomic mass is 9.13. The molecule has 8 aromatic rings. The summed E-state index contributed by atoms with van der Waals surface area (Å²) in [6.45, 7) is 0. The Kier molecular flexibility index (Phi) is 10.3. The smallest absolute Gasteiger partial charge is 0.198 e. The number of Topliss-reactive ketones (excluding diaryl/α,β-unsaturated/α-hetero) is 2. The van der Waals surface area contributed by atoms with Crippen molar-refractivity contribution in [2.24, 2.45) is 5.10 Å². The average molecular weight is 781 g/mol. The molecule has 8 aromatic carbocycles. The lowest BCUT2D eigenvalue weighted by Gasteiger charge is -2.44. The molecule has 0 unspecified atom stereocenters. The number of hydrogen-bond donors (Lipinski definition) is 1. The van der Waals surface area contributed by atoms with E-state index in [9.17, 15) is 9.59 Å². The van der Waals surface area contributed by atoms with Gasteiger partial charge in [0.25, 0.3) is 0 Å². The van der Waals surface area contributed by atoms with Crippen molar-refractivity contribution in [3.63, 3.8) is 0 Å². The fourth-order valence-corrected chi connectivity index (χ4v) is 13.7. The van der Waals surface area contributed by atoms with Crippen LogP contribution in [0.15, 0.2) is 242 Å². The number of benzene rings is 8. The summed E-state index contributed by atoms with van der Waals surface area (Å²) in [5, 5.41) is 8.25. The molecule has 0 fully saturated rings. The monoisotopic (exact) mass is 780 g/mol. The van der Waals surface area contributed by atoms with Gasteiger partial charge in [0.05, 0.1) is 6.42 Å². The summed E-state index contributed by atoms with van der Waals surface area (Å²) in [5.74, 6) is -0.390. The van der Waals surface area contributed by atoms with Crippen molar-refractivity contribution < 1.29 is 9.59 Å². The number of hydrazone groups is 1. The summed E-state index contributed by atoms with van der Waals surface area (Å²) in [5.41, 5.74) is 8.84. The van der Waals surface area contributed by atoms with Crippen LogP contribution in [0.3, 0.4) is 0 Å². The zero-order valence-electron chi connectivity index (χ0n) is 32.5. The molecular formula is C53H42BN2O2P. The van der Waals surface area contributed by atoms with Crippen molar-refractivity contribution in [3.05, 3.63) is 248 Å². The Morgan fingerprint density at radius 1 is 0.390 bits per heavy atom. The third-order valence-corrected chi connectivity index (χ3v) is 16.3. The van der Waals surface area contributed by atoms with Crippen LogP contribution in [0.2, 0.25) is 0 Å². The van der Waals surface area contributed by atoms with Gasteiger partial charge >= 0.3 is 0 Å². The highest BCUT2D eigenvalue weighted by Crippen LogP contribution is 2.60. The first kappa shape index (κ1) is 37.6. The van der Waals surface area contributed by atoms with Crippen LogP contribution in [-0.4, -0.2) is 28.7 Å². The Morgan fingerprint density at radius 3 is 0.966 bits per heavy atom. The SMILES string of the molecule is O=C1c2ccccc2C(=O)C12CC([P+](c1ccccc1)(c1ccccc1)c1ccccc1)=NN2.c1ccc([B-](c2ccccc2)(c2ccccc2)c2ccccc2)cc1. The molecule has 6 heteroatoms. The van der Waals surface area contributed by atoms with Gasteiger partial charge in [-0.2, -0.15) is 21.9 Å². The zero-order chi connectivity index (χ0) is 40.1. The van der Waals surface area contributed by atoms with Gasteiger partial charge in [-0.05, 0) is 36.4 Å². The number of hydrogen-bond acceptors (Lipinski definition) is 4. The molecule has 0 saturated heterocycles. The normalized spacial score (nSPS) is 14.1. The molecule has 4 nitrogen and oxygen atoms in total. The van der Waals surface area contributed by atoms with E-state index >= 15 is 0 Å². The summed E-state index contributed by atoms with van der Waals surface area (Å²) >= 11 is 0. The number of carbonyl (C=O) groups excluding carboxylic acids is 2. The highest BCUT2D eigenvalue weighted by molar-refractivity contribution is 8.08. The molecule has 0 aromatic heterocycles. The highest BCUT2D eigenvalue weighted by atomic mass is 31.2. The van der Waals surface area contributed by atoms with Crippen LogP contribution in [0, 0.1) is 0 Å². The zero-order valence-corrected chi connectivity index (χ0v) is 33.4. The minimum Gasteiger partial charge on any atom is -0.291 e. The molecule has 0 bridgehead atoms. The minimum atomic E-state index is -2.44. The van der Waals surface area contributed by atoms with Crippen LogP contribution in [-0.2, 0) is 0 Å². The minimum absolute atomic E-state index is 0.195. The Bertz CT molecular complexity index is 2440. The molecule has 0 atom stereocenters. The summed E-state index contributed by atoms with van der Waals surface area (Å²) in [7, 11) is -2.44. The van der Waals surface area contributed by atoms with Gasteiger partial charge in [0.2, 0.25) is 0 Å². The third-order valence-electron chi connectivity index (χ3n) is 12.0. The lowest BCUT2D eigenvalue weighted by molar-refractivity contribution is 0.0777. The molecule has 284 valence electrons. The van der Waals surface area contributed by atoms with E-state index in [0.717, 1.165) is 21.4 Å². The van der Waals surface area contributed by atoms with Gasteiger partial charge in [-0.1, -0.05) is 200 Å². The van der Waals surface area contributed by atoms with Crippen molar-refractivity contribution in [2.75, 3.05) is 0 Å². The number of carbonyl (C=O) groups is 2. The Labute approximate surface area is 346 Å². The van der Waals surface area contributed by atoms with Gasteiger partial charge in [0, 0.05) is 11.1 Å². The van der Waals surface area contributed by atoms with Crippen molar-refractivity contribution >= 4 is 68.2 Å². The quantitative estimate of drug-likeness (QED) is 0.101. The second-order valence-electron chi connectivity index (χ2n) is 15.1. The number of rotatable bonds is 8. The molecule has 59 heavy (non-hydrogen) atoms. The van der Waals surface area contributed by atoms with Crippen molar-refractivity contribution in [1.82, 2.24) is 5.43 Å². The summed E-state index contributed by atoms with van der Waals surface area (Å²) < 4.78 is 0. The van der Waals surface area contributed by atoms with E-state index in [2.05, 4.69) is 163 Å². The Hall–Kier alpha value is -6.94.